The largest absolute Gasteiger partial charge is 0.494 e. The fourth-order valence-electron chi connectivity index (χ4n) is 2.67. The lowest BCUT2D eigenvalue weighted by Gasteiger charge is -2.18. The zero-order valence-corrected chi connectivity index (χ0v) is 14.7. The molecular weight excluding hydrogens is 332 g/mol. The zero-order chi connectivity index (χ0) is 18.4. The van der Waals surface area contributed by atoms with Crippen molar-refractivity contribution in [2.24, 2.45) is 0 Å². The number of fused-ring (bicyclic) bond motifs is 1. The van der Waals surface area contributed by atoms with Gasteiger partial charge in [0.2, 0.25) is 0 Å². The van der Waals surface area contributed by atoms with Crippen LogP contribution in [0.3, 0.4) is 0 Å². The van der Waals surface area contributed by atoms with Crippen molar-refractivity contribution >= 4 is 23.1 Å². The molecule has 0 fully saturated rings. The first-order valence-corrected chi connectivity index (χ1v) is 8.74. The van der Waals surface area contributed by atoms with E-state index in [0.717, 1.165) is 37.0 Å². The van der Waals surface area contributed by atoms with Crippen LogP contribution in [-0.2, 0) is 0 Å². The number of nitrogens with zero attached hydrogens (tertiary/aromatic N) is 2. The summed E-state index contributed by atoms with van der Waals surface area (Å²) in [6.45, 7) is 4.32. The Kier molecular flexibility index (Phi) is 5.73. The molecule has 6 heteroatoms. The van der Waals surface area contributed by atoms with Crippen molar-refractivity contribution in [3.05, 3.63) is 54.1 Å². The van der Waals surface area contributed by atoms with Gasteiger partial charge in [0.05, 0.1) is 12.2 Å². The van der Waals surface area contributed by atoms with Gasteiger partial charge in [0.1, 0.15) is 11.3 Å². The molecule has 1 aromatic heterocycles. The summed E-state index contributed by atoms with van der Waals surface area (Å²) in [4.78, 5) is 17.5. The minimum atomic E-state index is -0.935. The Morgan fingerprint density at radius 2 is 1.92 bits per heavy atom. The van der Waals surface area contributed by atoms with E-state index in [0.29, 0.717) is 18.4 Å². The second-order valence-corrected chi connectivity index (χ2v) is 5.93. The van der Waals surface area contributed by atoms with E-state index in [1.54, 1.807) is 24.3 Å². The van der Waals surface area contributed by atoms with Crippen molar-refractivity contribution in [1.29, 1.82) is 0 Å². The number of rotatable bonds is 9. The molecule has 0 aliphatic carbocycles. The Bertz CT molecular complexity index is 825. The number of hydrogen-bond acceptors (Lipinski definition) is 5. The summed E-state index contributed by atoms with van der Waals surface area (Å²) in [5.41, 5.74) is 1.93. The number of para-hydroxylation sites is 2. The maximum Gasteiger partial charge on any atom is 0.335 e. The first-order chi connectivity index (χ1) is 12.7. The summed E-state index contributed by atoms with van der Waals surface area (Å²) >= 11 is 0. The second-order valence-electron chi connectivity index (χ2n) is 5.93. The third-order valence-corrected chi connectivity index (χ3v) is 4.13. The van der Waals surface area contributed by atoms with Crippen LogP contribution in [0.5, 0.6) is 5.75 Å². The van der Waals surface area contributed by atoms with Crippen LogP contribution in [0, 0.1) is 0 Å². The first-order valence-electron chi connectivity index (χ1n) is 8.74. The minimum Gasteiger partial charge on any atom is -0.494 e. The van der Waals surface area contributed by atoms with E-state index >= 15 is 0 Å². The zero-order valence-electron chi connectivity index (χ0n) is 14.7. The van der Waals surface area contributed by atoms with Gasteiger partial charge in [-0.2, -0.15) is 4.98 Å². The van der Waals surface area contributed by atoms with Gasteiger partial charge in [-0.3, -0.25) is 0 Å². The number of aromatic nitrogens is 1. The highest BCUT2D eigenvalue weighted by Gasteiger charge is 2.12. The fraction of sp³-hybridized carbons (Fsp3) is 0.300. The van der Waals surface area contributed by atoms with Crippen molar-refractivity contribution in [2.75, 3.05) is 24.6 Å². The quantitative estimate of drug-likeness (QED) is 0.580. The maximum absolute atomic E-state index is 10.8. The number of benzene rings is 2. The Labute approximate surface area is 152 Å². The molecule has 0 radical (unpaired) electrons. The molecule has 0 aliphatic heterocycles. The van der Waals surface area contributed by atoms with Crippen molar-refractivity contribution in [2.45, 2.75) is 19.8 Å². The Morgan fingerprint density at radius 1 is 1.15 bits per heavy atom. The van der Waals surface area contributed by atoms with Crippen LogP contribution in [0.25, 0.3) is 11.1 Å². The lowest BCUT2D eigenvalue weighted by Crippen LogP contribution is -2.24. The normalized spacial score (nSPS) is 10.8. The highest BCUT2D eigenvalue weighted by atomic mass is 16.5. The summed E-state index contributed by atoms with van der Waals surface area (Å²) in [7, 11) is 0. The van der Waals surface area contributed by atoms with Crippen LogP contribution < -0.4 is 9.64 Å². The van der Waals surface area contributed by atoms with E-state index in [9.17, 15) is 4.79 Å². The monoisotopic (exact) mass is 354 g/mol. The van der Waals surface area contributed by atoms with E-state index < -0.39 is 5.97 Å². The van der Waals surface area contributed by atoms with Gasteiger partial charge in [-0.05, 0) is 56.2 Å². The molecule has 3 rings (SSSR count). The molecule has 1 heterocycles. The van der Waals surface area contributed by atoms with Gasteiger partial charge >= 0.3 is 5.97 Å². The summed E-state index contributed by atoms with van der Waals surface area (Å²) in [6.07, 6.45) is 1.83. The first kappa shape index (κ1) is 17.8. The number of oxazole rings is 1. The summed E-state index contributed by atoms with van der Waals surface area (Å²) < 4.78 is 11.5. The van der Waals surface area contributed by atoms with E-state index in [4.69, 9.17) is 14.3 Å². The Morgan fingerprint density at radius 3 is 2.62 bits per heavy atom. The topological polar surface area (TPSA) is 75.8 Å². The SMILES string of the molecule is CCN(CCCCOc1ccc(C(=O)O)cc1)c1nc2ccccc2o1. The number of aromatic carboxylic acids is 1. The predicted octanol–water partition coefficient (Wildman–Crippen LogP) is 4.21. The average molecular weight is 354 g/mol. The van der Waals surface area contributed by atoms with Crippen molar-refractivity contribution in [3.8, 4) is 5.75 Å². The molecule has 0 aliphatic rings. The van der Waals surface area contributed by atoms with E-state index in [1.165, 1.54) is 0 Å². The van der Waals surface area contributed by atoms with Crippen LogP contribution in [0.2, 0.25) is 0 Å². The summed E-state index contributed by atoms with van der Waals surface area (Å²) in [5.74, 6) is -0.253. The third-order valence-electron chi connectivity index (χ3n) is 4.13. The molecular formula is C20H22N2O4. The van der Waals surface area contributed by atoms with Crippen LogP contribution in [0.15, 0.2) is 52.9 Å². The fourth-order valence-corrected chi connectivity index (χ4v) is 2.67. The van der Waals surface area contributed by atoms with Crippen molar-refractivity contribution in [3.63, 3.8) is 0 Å². The molecule has 0 amide bonds. The van der Waals surface area contributed by atoms with Crippen LogP contribution in [0.1, 0.15) is 30.1 Å². The summed E-state index contributed by atoms with van der Waals surface area (Å²) in [5, 5.41) is 8.88. The van der Waals surface area contributed by atoms with E-state index in [2.05, 4.69) is 16.8 Å². The molecule has 0 saturated carbocycles. The lowest BCUT2D eigenvalue weighted by molar-refractivity contribution is 0.0697. The van der Waals surface area contributed by atoms with Gasteiger partial charge in [-0.25, -0.2) is 4.79 Å². The van der Waals surface area contributed by atoms with Gasteiger partial charge in [-0.15, -0.1) is 0 Å². The number of hydrogen-bond donors (Lipinski definition) is 1. The van der Waals surface area contributed by atoms with Crippen molar-refractivity contribution in [1.82, 2.24) is 4.98 Å². The Balaban J connectivity index is 1.45. The molecule has 6 nitrogen and oxygen atoms in total. The molecule has 136 valence electrons. The molecule has 26 heavy (non-hydrogen) atoms. The maximum atomic E-state index is 10.8. The second kappa shape index (κ2) is 8.38. The predicted molar refractivity (Wildman–Crippen MR) is 100 cm³/mol. The molecule has 0 atom stereocenters. The van der Waals surface area contributed by atoms with Gasteiger partial charge < -0.3 is 19.2 Å². The lowest BCUT2D eigenvalue weighted by atomic mass is 10.2. The Hall–Kier alpha value is -3.02. The minimum absolute atomic E-state index is 0.259. The standard InChI is InChI=1S/C20H22N2O4/c1-2-22(20-21-17-7-3-4-8-18(17)26-20)13-5-6-14-25-16-11-9-15(10-12-16)19(23)24/h3-4,7-12H,2,5-6,13-14H2,1H3,(H,23,24). The van der Waals surface area contributed by atoms with E-state index in [1.807, 2.05) is 24.3 Å². The molecule has 0 spiro atoms. The average Bonchev–Trinajstić information content (AvgIpc) is 3.09. The van der Waals surface area contributed by atoms with Gasteiger partial charge in [-0.1, -0.05) is 12.1 Å². The van der Waals surface area contributed by atoms with Gasteiger partial charge in [0, 0.05) is 13.1 Å². The highest BCUT2D eigenvalue weighted by Crippen LogP contribution is 2.21. The number of carboxylic acid groups (broad SMARTS) is 1. The molecule has 2 aromatic carbocycles. The molecule has 0 bridgehead atoms. The number of anilines is 1. The van der Waals surface area contributed by atoms with E-state index in [-0.39, 0.29) is 5.56 Å². The molecule has 3 aromatic rings. The highest BCUT2D eigenvalue weighted by molar-refractivity contribution is 5.87. The van der Waals surface area contributed by atoms with Crippen LogP contribution in [0.4, 0.5) is 6.01 Å². The number of unbranched alkanes of at least 4 members (excludes halogenated alkanes) is 1. The smallest absolute Gasteiger partial charge is 0.335 e. The molecule has 0 saturated heterocycles. The molecule has 0 unspecified atom stereocenters. The van der Waals surface area contributed by atoms with Crippen LogP contribution >= 0.6 is 0 Å². The number of ether oxygens (including phenoxy) is 1. The van der Waals surface area contributed by atoms with Gasteiger partial charge in [0.25, 0.3) is 6.01 Å². The van der Waals surface area contributed by atoms with Crippen molar-refractivity contribution < 1.29 is 19.1 Å². The third kappa shape index (κ3) is 4.33. The molecule has 1 N–H and O–H groups in total. The number of carbonyl (C=O) groups is 1. The van der Waals surface area contributed by atoms with Gasteiger partial charge in [0.15, 0.2) is 5.58 Å². The van der Waals surface area contributed by atoms with Crippen LogP contribution in [-0.4, -0.2) is 35.8 Å². The summed E-state index contributed by atoms with van der Waals surface area (Å²) in [6, 6.07) is 14.9. The number of carboxylic acids is 1.